The standard InChI is InChI=1S/C14H20N2O4/c1-4-14(18,5-2)9-15-13(17)11-6-10(3)7-12(8-11)16(19)20/h6-8,18H,4-5,9H2,1-3H3,(H,15,17). The highest BCUT2D eigenvalue weighted by molar-refractivity contribution is 5.95. The lowest BCUT2D eigenvalue weighted by Crippen LogP contribution is -2.42. The van der Waals surface area contributed by atoms with Crippen molar-refractivity contribution in [2.45, 2.75) is 39.2 Å². The first-order valence-electron chi connectivity index (χ1n) is 6.58. The molecule has 1 rings (SSSR count). The van der Waals surface area contributed by atoms with Crippen molar-refractivity contribution >= 4 is 11.6 Å². The Kier molecular flexibility index (Phi) is 5.21. The molecule has 0 fully saturated rings. The zero-order valence-electron chi connectivity index (χ0n) is 12.0. The Bertz CT molecular complexity index is 510. The van der Waals surface area contributed by atoms with Crippen molar-refractivity contribution in [3.05, 3.63) is 39.4 Å². The first-order chi connectivity index (χ1) is 9.31. The molecule has 2 N–H and O–H groups in total. The lowest BCUT2D eigenvalue weighted by molar-refractivity contribution is -0.384. The van der Waals surface area contributed by atoms with Gasteiger partial charge in [-0.25, -0.2) is 0 Å². The van der Waals surface area contributed by atoms with E-state index in [-0.39, 0.29) is 17.8 Å². The van der Waals surface area contributed by atoms with Gasteiger partial charge in [0.15, 0.2) is 0 Å². The van der Waals surface area contributed by atoms with E-state index in [1.54, 1.807) is 13.0 Å². The molecule has 6 heteroatoms. The number of nitrogens with zero attached hydrogens (tertiary/aromatic N) is 1. The van der Waals surface area contributed by atoms with Crippen molar-refractivity contribution < 1.29 is 14.8 Å². The number of aryl methyl sites for hydroxylation is 1. The van der Waals surface area contributed by atoms with Crippen LogP contribution in [0.15, 0.2) is 18.2 Å². The van der Waals surface area contributed by atoms with Crippen LogP contribution in [0.4, 0.5) is 5.69 Å². The topological polar surface area (TPSA) is 92.5 Å². The minimum absolute atomic E-state index is 0.114. The summed E-state index contributed by atoms with van der Waals surface area (Å²) in [5, 5.41) is 23.5. The molecule has 0 aliphatic carbocycles. The van der Waals surface area contributed by atoms with Crippen molar-refractivity contribution in [2.75, 3.05) is 6.54 Å². The van der Waals surface area contributed by atoms with E-state index in [1.807, 2.05) is 13.8 Å². The Balaban J connectivity index is 2.85. The normalized spacial score (nSPS) is 11.2. The van der Waals surface area contributed by atoms with Gasteiger partial charge in [0.1, 0.15) is 0 Å². The number of carbonyl (C=O) groups excluding carboxylic acids is 1. The molecule has 0 aliphatic rings. The van der Waals surface area contributed by atoms with Gasteiger partial charge in [-0.05, 0) is 31.4 Å². The van der Waals surface area contributed by atoms with E-state index in [4.69, 9.17) is 0 Å². The first kappa shape index (κ1) is 16.1. The van der Waals surface area contributed by atoms with Crippen LogP contribution >= 0.6 is 0 Å². The third kappa shape index (κ3) is 4.03. The fourth-order valence-electron chi connectivity index (χ4n) is 1.85. The summed E-state index contributed by atoms with van der Waals surface area (Å²) >= 11 is 0. The van der Waals surface area contributed by atoms with Gasteiger partial charge in [-0.2, -0.15) is 0 Å². The van der Waals surface area contributed by atoms with Crippen LogP contribution in [0.2, 0.25) is 0 Å². The predicted molar refractivity (Wildman–Crippen MR) is 75.7 cm³/mol. The molecule has 0 atom stereocenters. The molecule has 0 saturated heterocycles. The van der Waals surface area contributed by atoms with Crippen LogP contribution in [0, 0.1) is 17.0 Å². The van der Waals surface area contributed by atoms with Crippen molar-refractivity contribution in [1.82, 2.24) is 5.32 Å². The number of hydrogen-bond donors (Lipinski definition) is 2. The second-order valence-corrected chi connectivity index (χ2v) is 4.93. The molecular weight excluding hydrogens is 260 g/mol. The number of non-ortho nitro benzene ring substituents is 1. The van der Waals surface area contributed by atoms with Gasteiger partial charge in [0, 0.05) is 24.2 Å². The first-order valence-corrected chi connectivity index (χ1v) is 6.58. The second-order valence-electron chi connectivity index (χ2n) is 4.93. The van der Waals surface area contributed by atoms with Gasteiger partial charge < -0.3 is 10.4 Å². The highest BCUT2D eigenvalue weighted by Crippen LogP contribution is 2.17. The number of rotatable bonds is 6. The molecule has 0 heterocycles. The number of amides is 1. The smallest absolute Gasteiger partial charge is 0.270 e. The maximum absolute atomic E-state index is 12.0. The molecule has 110 valence electrons. The van der Waals surface area contributed by atoms with E-state index in [2.05, 4.69) is 5.32 Å². The van der Waals surface area contributed by atoms with Crippen LogP contribution in [-0.2, 0) is 0 Å². The Morgan fingerprint density at radius 1 is 1.35 bits per heavy atom. The molecule has 0 radical (unpaired) electrons. The van der Waals surface area contributed by atoms with E-state index in [9.17, 15) is 20.0 Å². The van der Waals surface area contributed by atoms with Crippen LogP contribution in [0.25, 0.3) is 0 Å². The minimum atomic E-state index is -0.939. The second kappa shape index (κ2) is 6.47. The van der Waals surface area contributed by atoms with Gasteiger partial charge in [0.2, 0.25) is 0 Å². The van der Waals surface area contributed by atoms with E-state index >= 15 is 0 Å². The van der Waals surface area contributed by atoms with Gasteiger partial charge in [-0.3, -0.25) is 14.9 Å². The Morgan fingerprint density at radius 2 is 1.95 bits per heavy atom. The number of nitro groups is 1. The number of aliphatic hydroxyl groups is 1. The largest absolute Gasteiger partial charge is 0.388 e. The van der Waals surface area contributed by atoms with Crippen molar-refractivity contribution in [1.29, 1.82) is 0 Å². The average molecular weight is 280 g/mol. The van der Waals surface area contributed by atoms with Crippen LogP contribution in [0.3, 0.4) is 0 Å². The monoisotopic (exact) mass is 280 g/mol. The summed E-state index contributed by atoms with van der Waals surface area (Å²) in [6.45, 7) is 5.50. The molecule has 20 heavy (non-hydrogen) atoms. The van der Waals surface area contributed by atoms with Crippen LogP contribution < -0.4 is 5.32 Å². The van der Waals surface area contributed by atoms with Crippen LogP contribution in [0.1, 0.15) is 42.6 Å². The quantitative estimate of drug-likeness (QED) is 0.617. The van der Waals surface area contributed by atoms with Crippen molar-refractivity contribution in [3.8, 4) is 0 Å². The SMILES string of the molecule is CCC(O)(CC)CNC(=O)c1cc(C)cc([N+](=O)[O-])c1. The number of benzene rings is 1. The molecule has 1 aromatic rings. The Labute approximate surface area is 118 Å². The summed E-state index contributed by atoms with van der Waals surface area (Å²) in [7, 11) is 0. The van der Waals surface area contributed by atoms with Crippen LogP contribution in [0.5, 0.6) is 0 Å². The minimum Gasteiger partial charge on any atom is -0.388 e. The summed E-state index contributed by atoms with van der Waals surface area (Å²) in [4.78, 5) is 22.2. The lowest BCUT2D eigenvalue weighted by Gasteiger charge is -2.25. The molecule has 0 aliphatic heterocycles. The van der Waals surface area contributed by atoms with Gasteiger partial charge in [0.05, 0.1) is 10.5 Å². The third-order valence-electron chi connectivity index (χ3n) is 3.43. The Morgan fingerprint density at radius 3 is 2.45 bits per heavy atom. The van der Waals surface area contributed by atoms with E-state index in [0.717, 1.165) is 0 Å². The van der Waals surface area contributed by atoms with Gasteiger partial charge >= 0.3 is 0 Å². The molecule has 1 amide bonds. The maximum Gasteiger partial charge on any atom is 0.270 e. The fourth-order valence-corrected chi connectivity index (χ4v) is 1.85. The summed E-state index contributed by atoms with van der Waals surface area (Å²) < 4.78 is 0. The van der Waals surface area contributed by atoms with E-state index < -0.39 is 16.4 Å². The number of nitrogens with one attached hydrogen (secondary N) is 1. The molecule has 0 bridgehead atoms. The highest BCUT2D eigenvalue weighted by Gasteiger charge is 2.23. The average Bonchev–Trinajstić information content (AvgIpc) is 2.43. The van der Waals surface area contributed by atoms with Gasteiger partial charge in [-0.15, -0.1) is 0 Å². The van der Waals surface area contributed by atoms with E-state index in [0.29, 0.717) is 18.4 Å². The van der Waals surface area contributed by atoms with Gasteiger partial charge in [0.25, 0.3) is 11.6 Å². The Hall–Kier alpha value is -1.95. The summed E-state index contributed by atoms with van der Waals surface area (Å²) in [6, 6.07) is 4.23. The highest BCUT2D eigenvalue weighted by atomic mass is 16.6. The molecule has 0 aromatic heterocycles. The fraction of sp³-hybridized carbons (Fsp3) is 0.500. The number of carbonyl (C=O) groups is 1. The maximum atomic E-state index is 12.0. The third-order valence-corrected chi connectivity index (χ3v) is 3.43. The molecule has 0 unspecified atom stereocenters. The summed E-state index contributed by atoms with van der Waals surface area (Å²) in [6.07, 6.45) is 1.05. The van der Waals surface area contributed by atoms with Crippen molar-refractivity contribution in [3.63, 3.8) is 0 Å². The zero-order chi connectivity index (χ0) is 15.3. The van der Waals surface area contributed by atoms with Crippen LogP contribution in [-0.4, -0.2) is 28.1 Å². The zero-order valence-corrected chi connectivity index (χ0v) is 12.0. The van der Waals surface area contributed by atoms with Gasteiger partial charge in [-0.1, -0.05) is 13.8 Å². The molecule has 6 nitrogen and oxygen atoms in total. The molecule has 1 aromatic carbocycles. The number of nitro benzene ring substituents is 1. The predicted octanol–water partition coefficient (Wildman–Crippen LogP) is 2.18. The molecular formula is C14H20N2O4. The summed E-state index contributed by atoms with van der Waals surface area (Å²) in [5.74, 6) is -0.419. The molecule has 0 spiro atoms. The number of hydrogen-bond acceptors (Lipinski definition) is 4. The molecule has 0 saturated carbocycles. The van der Waals surface area contributed by atoms with E-state index in [1.165, 1.54) is 12.1 Å². The lowest BCUT2D eigenvalue weighted by atomic mass is 9.97. The van der Waals surface area contributed by atoms with Crippen molar-refractivity contribution in [2.24, 2.45) is 0 Å². The summed E-state index contributed by atoms with van der Waals surface area (Å²) in [5.41, 5.74) is -0.181.